The van der Waals surface area contributed by atoms with Crippen LogP contribution in [0, 0.1) is 0 Å². The lowest BCUT2D eigenvalue weighted by atomic mass is 10.0. The molecule has 0 aromatic heterocycles. The van der Waals surface area contributed by atoms with E-state index in [2.05, 4.69) is 5.32 Å². The molecule has 1 heterocycles. The van der Waals surface area contributed by atoms with Crippen molar-refractivity contribution in [1.29, 1.82) is 0 Å². The van der Waals surface area contributed by atoms with Gasteiger partial charge in [0.15, 0.2) is 0 Å². The number of thioether (sulfide) groups is 1. The lowest BCUT2D eigenvalue weighted by Gasteiger charge is -2.36. The van der Waals surface area contributed by atoms with Gasteiger partial charge in [0, 0.05) is 11.8 Å². The molecule has 0 saturated carbocycles. The van der Waals surface area contributed by atoms with E-state index in [0.29, 0.717) is 0 Å². The van der Waals surface area contributed by atoms with Gasteiger partial charge in [-0.1, -0.05) is 30.3 Å². The highest BCUT2D eigenvalue weighted by Crippen LogP contribution is 2.21. The Balaban J connectivity index is 2.21. The second-order valence-electron chi connectivity index (χ2n) is 4.68. The highest BCUT2D eigenvalue weighted by atomic mass is 32.2. The molecule has 1 aliphatic heterocycles. The lowest BCUT2D eigenvalue weighted by molar-refractivity contribution is -0.146. The molecule has 0 aliphatic carbocycles. The molecule has 1 aromatic rings. The molecular formula is C14H18N2O2S. The number of benzene rings is 1. The van der Waals surface area contributed by atoms with Gasteiger partial charge in [-0.05, 0) is 18.7 Å². The van der Waals surface area contributed by atoms with Gasteiger partial charge in [-0.3, -0.25) is 9.59 Å². The molecule has 1 aliphatic rings. The summed E-state index contributed by atoms with van der Waals surface area (Å²) in [6.07, 6.45) is 2.00. The number of nitrogens with zero attached hydrogens (tertiary/aromatic N) is 1. The fraction of sp³-hybridized carbons (Fsp3) is 0.429. The van der Waals surface area contributed by atoms with Crippen LogP contribution in [0.2, 0.25) is 0 Å². The number of piperazine rings is 1. The number of hydrogen-bond donors (Lipinski definition) is 1. The molecule has 1 aromatic carbocycles. The van der Waals surface area contributed by atoms with Gasteiger partial charge in [-0.25, -0.2) is 0 Å². The number of carbonyl (C=O) groups is 2. The minimum absolute atomic E-state index is 0.0210. The van der Waals surface area contributed by atoms with Crippen LogP contribution in [-0.2, 0) is 9.59 Å². The Hall–Kier alpha value is -1.49. The molecule has 2 rings (SSSR count). The summed E-state index contributed by atoms with van der Waals surface area (Å²) in [4.78, 5) is 26.0. The Morgan fingerprint density at radius 2 is 2.05 bits per heavy atom. The molecule has 0 bridgehead atoms. The van der Waals surface area contributed by atoms with E-state index in [0.717, 1.165) is 11.3 Å². The van der Waals surface area contributed by atoms with Crippen LogP contribution in [0.1, 0.15) is 18.5 Å². The van der Waals surface area contributed by atoms with Crippen LogP contribution in [0.15, 0.2) is 30.3 Å². The van der Waals surface area contributed by atoms with E-state index >= 15 is 0 Å². The highest BCUT2D eigenvalue weighted by molar-refractivity contribution is 7.98. The third-order valence-electron chi connectivity index (χ3n) is 3.22. The van der Waals surface area contributed by atoms with Gasteiger partial charge in [-0.2, -0.15) is 11.8 Å². The SMILES string of the molecule is CSCC(C)N1CC(=O)NC(c2ccccc2)C1=O. The standard InChI is InChI=1S/C14H18N2O2S/c1-10(9-19-2)16-8-12(17)15-13(14(16)18)11-6-4-3-5-7-11/h3-7,10,13H,8-9H2,1-2H3,(H,15,17). The van der Waals surface area contributed by atoms with Gasteiger partial charge in [-0.15, -0.1) is 0 Å². The smallest absolute Gasteiger partial charge is 0.250 e. The van der Waals surface area contributed by atoms with Crippen molar-refractivity contribution in [2.75, 3.05) is 18.6 Å². The summed E-state index contributed by atoms with van der Waals surface area (Å²) in [6, 6.07) is 8.90. The van der Waals surface area contributed by atoms with Crippen LogP contribution >= 0.6 is 11.8 Å². The van der Waals surface area contributed by atoms with E-state index in [1.165, 1.54) is 0 Å². The first-order valence-electron chi connectivity index (χ1n) is 6.27. The number of hydrogen-bond acceptors (Lipinski definition) is 3. The molecule has 19 heavy (non-hydrogen) atoms. The molecule has 4 nitrogen and oxygen atoms in total. The van der Waals surface area contributed by atoms with E-state index in [1.807, 2.05) is 43.5 Å². The van der Waals surface area contributed by atoms with Crippen molar-refractivity contribution in [1.82, 2.24) is 10.2 Å². The van der Waals surface area contributed by atoms with Crippen LogP contribution in [0.3, 0.4) is 0 Å². The van der Waals surface area contributed by atoms with Gasteiger partial charge in [0.25, 0.3) is 5.91 Å². The van der Waals surface area contributed by atoms with Crippen molar-refractivity contribution in [3.05, 3.63) is 35.9 Å². The topological polar surface area (TPSA) is 49.4 Å². The van der Waals surface area contributed by atoms with Gasteiger partial charge in [0.1, 0.15) is 6.04 Å². The van der Waals surface area contributed by atoms with E-state index in [4.69, 9.17) is 0 Å². The molecule has 5 heteroatoms. The average Bonchev–Trinajstić information content (AvgIpc) is 2.42. The van der Waals surface area contributed by atoms with E-state index in [1.54, 1.807) is 16.7 Å². The zero-order chi connectivity index (χ0) is 13.8. The van der Waals surface area contributed by atoms with Gasteiger partial charge >= 0.3 is 0 Å². The lowest BCUT2D eigenvalue weighted by Crippen LogP contribution is -2.56. The maximum absolute atomic E-state index is 12.5. The predicted molar refractivity (Wildman–Crippen MR) is 76.9 cm³/mol. The summed E-state index contributed by atoms with van der Waals surface area (Å²) in [5.74, 6) is 0.717. The molecule has 2 amide bonds. The molecular weight excluding hydrogens is 260 g/mol. The second-order valence-corrected chi connectivity index (χ2v) is 5.59. The Labute approximate surface area is 117 Å². The number of rotatable bonds is 4. The maximum Gasteiger partial charge on any atom is 0.250 e. The van der Waals surface area contributed by atoms with Crippen LogP contribution < -0.4 is 5.32 Å². The molecule has 1 N–H and O–H groups in total. The van der Waals surface area contributed by atoms with E-state index in [9.17, 15) is 9.59 Å². The minimum Gasteiger partial charge on any atom is -0.339 e. The molecule has 2 unspecified atom stereocenters. The van der Waals surface area contributed by atoms with Gasteiger partial charge in [0.05, 0.1) is 6.54 Å². The molecule has 1 fully saturated rings. The van der Waals surface area contributed by atoms with Crippen molar-refractivity contribution in [2.45, 2.75) is 19.0 Å². The Morgan fingerprint density at radius 3 is 2.68 bits per heavy atom. The fourth-order valence-electron chi connectivity index (χ4n) is 2.24. The summed E-state index contributed by atoms with van der Waals surface area (Å²) < 4.78 is 0. The van der Waals surface area contributed by atoms with Crippen molar-refractivity contribution in [2.24, 2.45) is 0 Å². The van der Waals surface area contributed by atoms with E-state index < -0.39 is 6.04 Å². The molecule has 102 valence electrons. The normalized spacial score (nSPS) is 21.2. The largest absolute Gasteiger partial charge is 0.339 e. The molecule has 1 saturated heterocycles. The Bertz CT molecular complexity index is 464. The van der Waals surface area contributed by atoms with Crippen LogP contribution in [-0.4, -0.2) is 41.3 Å². The first-order valence-corrected chi connectivity index (χ1v) is 7.66. The average molecular weight is 278 g/mol. The van der Waals surface area contributed by atoms with Crippen molar-refractivity contribution < 1.29 is 9.59 Å². The number of nitrogens with one attached hydrogen (secondary N) is 1. The number of amides is 2. The summed E-state index contributed by atoms with van der Waals surface area (Å²) in [6.45, 7) is 2.14. The molecule has 2 atom stereocenters. The summed E-state index contributed by atoms with van der Waals surface area (Å²) in [5, 5.41) is 2.77. The third-order valence-corrected chi connectivity index (χ3v) is 4.04. The summed E-state index contributed by atoms with van der Waals surface area (Å²) in [7, 11) is 0. The van der Waals surface area contributed by atoms with Crippen LogP contribution in [0.5, 0.6) is 0 Å². The Morgan fingerprint density at radius 1 is 1.37 bits per heavy atom. The van der Waals surface area contributed by atoms with Crippen molar-refractivity contribution >= 4 is 23.6 Å². The summed E-state index contributed by atoms with van der Waals surface area (Å²) >= 11 is 1.68. The fourth-order valence-corrected chi connectivity index (χ4v) is 2.90. The van der Waals surface area contributed by atoms with Crippen LogP contribution in [0.25, 0.3) is 0 Å². The number of carbonyl (C=O) groups excluding carboxylic acids is 2. The maximum atomic E-state index is 12.5. The zero-order valence-corrected chi connectivity index (χ0v) is 11.9. The zero-order valence-electron chi connectivity index (χ0n) is 11.1. The van der Waals surface area contributed by atoms with Gasteiger partial charge < -0.3 is 10.2 Å². The molecule has 0 radical (unpaired) electrons. The van der Waals surface area contributed by atoms with Gasteiger partial charge in [0.2, 0.25) is 5.91 Å². The van der Waals surface area contributed by atoms with Crippen molar-refractivity contribution in [3.8, 4) is 0 Å². The minimum atomic E-state index is -0.549. The van der Waals surface area contributed by atoms with Crippen LogP contribution in [0.4, 0.5) is 0 Å². The van der Waals surface area contributed by atoms with Crippen molar-refractivity contribution in [3.63, 3.8) is 0 Å². The summed E-state index contributed by atoms with van der Waals surface area (Å²) in [5.41, 5.74) is 0.835. The Kier molecular flexibility index (Phi) is 4.47. The first-order chi connectivity index (χ1) is 9.13. The van der Waals surface area contributed by atoms with E-state index in [-0.39, 0.29) is 24.4 Å². The highest BCUT2D eigenvalue weighted by Gasteiger charge is 2.35. The predicted octanol–water partition coefficient (Wildman–Crippen LogP) is 1.44. The first kappa shape index (κ1) is 13.9. The molecule has 0 spiro atoms. The monoisotopic (exact) mass is 278 g/mol. The second kappa shape index (κ2) is 6.10. The third kappa shape index (κ3) is 3.10. The quantitative estimate of drug-likeness (QED) is 0.906.